The molecule has 9 heavy (non-hydrogen) atoms. The van der Waals surface area contributed by atoms with Gasteiger partial charge in [0, 0.05) is 0 Å². The van der Waals surface area contributed by atoms with E-state index in [9.17, 15) is 16.8 Å². The van der Waals surface area contributed by atoms with Crippen LogP contribution in [-0.2, 0) is 33.4 Å². The van der Waals surface area contributed by atoms with Crippen LogP contribution in [0.1, 0.15) is 0 Å². The summed E-state index contributed by atoms with van der Waals surface area (Å²) in [5.74, 6) is 0. The summed E-state index contributed by atoms with van der Waals surface area (Å²) in [4.78, 5) is 0. The van der Waals surface area contributed by atoms with Gasteiger partial charge in [0.25, 0.3) is 0 Å². The normalized spacial score (nSPS) is 10.9. The first-order chi connectivity index (χ1) is 3.42. The van der Waals surface area contributed by atoms with Crippen LogP contribution in [0.5, 0.6) is 0 Å². The summed E-state index contributed by atoms with van der Waals surface area (Å²) in [6.45, 7) is 0. The van der Waals surface area contributed by atoms with Crippen molar-refractivity contribution in [2.24, 2.45) is 0 Å². The molecular weight excluding hydrogens is 183 g/mol. The van der Waals surface area contributed by atoms with Gasteiger partial charge in [-0.2, -0.15) is 8.42 Å². The molecule has 0 aliphatic heterocycles. The van der Waals surface area contributed by atoms with E-state index in [-0.39, 0.29) is 29.6 Å². The Kier molecular flexibility index (Phi) is 6.39. The van der Waals surface area contributed by atoms with E-state index in [2.05, 4.69) is 3.63 Å². The van der Waals surface area contributed by atoms with Crippen molar-refractivity contribution in [1.29, 1.82) is 0 Å². The summed E-state index contributed by atoms with van der Waals surface area (Å²) < 4.78 is 47.7. The fraction of sp³-hybridized carbons (Fsp3) is 0. The largest absolute Gasteiger partial charge is 1.00 e. The van der Waals surface area contributed by atoms with Crippen LogP contribution < -0.4 is 29.6 Å². The van der Waals surface area contributed by atoms with Crippen LogP contribution in [0.2, 0.25) is 0 Å². The van der Waals surface area contributed by atoms with Gasteiger partial charge in [0.05, 0.1) is 11.0 Å². The second-order valence-electron chi connectivity index (χ2n) is 0.700. The third kappa shape index (κ3) is 12.1. The average molecular weight is 184 g/mol. The Balaban J connectivity index is 0. The Morgan fingerprint density at radius 1 is 1.33 bits per heavy atom. The van der Waals surface area contributed by atoms with Gasteiger partial charge in [-0.1, -0.05) is 0 Å². The zero-order chi connectivity index (χ0) is 6.78. The van der Waals surface area contributed by atoms with Crippen molar-refractivity contribution in [2.45, 2.75) is 0 Å². The van der Waals surface area contributed by atoms with Crippen molar-refractivity contribution >= 4 is 21.4 Å². The van der Waals surface area contributed by atoms with Gasteiger partial charge in [-0.15, -0.1) is 0 Å². The van der Waals surface area contributed by atoms with Crippen LogP contribution in [0, 0.1) is 0 Å². The molecule has 0 radical (unpaired) electrons. The maximum Gasteiger partial charge on any atom is 1.00 e. The summed E-state index contributed by atoms with van der Waals surface area (Å²) in [5, 5.41) is 0. The number of rotatable bonds is 2. The maximum absolute atomic E-state index is 9.38. The van der Waals surface area contributed by atoms with Crippen molar-refractivity contribution in [3.05, 3.63) is 0 Å². The van der Waals surface area contributed by atoms with Gasteiger partial charge in [0.15, 0.2) is 0 Å². The fourth-order valence-corrected chi connectivity index (χ4v) is 0.632. The van der Waals surface area contributed by atoms with Gasteiger partial charge in [-0.3, -0.25) is 8.18 Å². The van der Waals surface area contributed by atoms with E-state index in [1.807, 2.05) is 0 Å². The molecule has 0 aromatic heterocycles. The smallest absolute Gasteiger partial charge is 0.396 e. The molecule has 0 saturated heterocycles. The van der Waals surface area contributed by atoms with Crippen LogP contribution in [0.25, 0.3) is 0 Å². The quantitative estimate of drug-likeness (QED) is 0.267. The Morgan fingerprint density at radius 2 is 1.67 bits per heavy atom. The van der Waals surface area contributed by atoms with Crippen LogP contribution in [0.15, 0.2) is 0 Å². The van der Waals surface area contributed by atoms with E-state index in [0.29, 0.717) is 0 Å². The minimum absolute atomic E-state index is 0. The van der Waals surface area contributed by atoms with E-state index in [1.54, 1.807) is 0 Å². The molecule has 0 fully saturated rings. The first kappa shape index (κ1) is 12.5. The third-order valence-electron chi connectivity index (χ3n) is 0.142. The molecule has 50 valence electrons. The zero-order valence-electron chi connectivity index (χ0n) is 4.30. The van der Waals surface area contributed by atoms with Gasteiger partial charge in [-0.25, -0.2) is 0 Å². The predicted molar refractivity (Wildman–Crippen MR) is 21.4 cm³/mol. The standard InChI is InChI=1S/Na.HO6S2/c;1-7(2)6-8(3,4)5/h;(H,3,4,5)/q+1;-1. The van der Waals surface area contributed by atoms with Crippen molar-refractivity contribution in [3.8, 4) is 0 Å². The topological polar surface area (TPSA) is 97.7 Å². The summed E-state index contributed by atoms with van der Waals surface area (Å²) in [7, 11) is -8.06. The first-order valence-corrected chi connectivity index (χ1v) is 3.55. The van der Waals surface area contributed by atoms with E-state index < -0.39 is 21.4 Å². The molecule has 0 bridgehead atoms. The maximum atomic E-state index is 9.38. The predicted octanol–water partition coefficient (Wildman–Crippen LogP) is -3.97. The monoisotopic (exact) mass is 184 g/mol. The van der Waals surface area contributed by atoms with Crippen LogP contribution >= 0.6 is 0 Å². The fourth-order valence-electron chi connectivity index (χ4n) is 0.0702. The van der Waals surface area contributed by atoms with Gasteiger partial charge in [0.1, 0.15) is 0 Å². The van der Waals surface area contributed by atoms with E-state index in [0.717, 1.165) is 0 Å². The molecule has 0 unspecified atom stereocenters. The van der Waals surface area contributed by atoms with Crippen molar-refractivity contribution in [3.63, 3.8) is 0 Å². The second-order valence-corrected chi connectivity index (χ2v) is 2.51. The molecule has 0 aliphatic rings. The summed E-state index contributed by atoms with van der Waals surface area (Å²) in [6, 6.07) is 0. The Hall–Kier alpha value is 0.820. The van der Waals surface area contributed by atoms with Gasteiger partial charge in [0.2, 0.25) is 0 Å². The van der Waals surface area contributed by atoms with Crippen LogP contribution in [0.3, 0.4) is 0 Å². The molecule has 0 rings (SSSR count). The zero-order valence-corrected chi connectivity index (χ0v) is 7.94. The average Bonchev–Trinajstić information content (AvgIpc) is 1.21. The summed E-state index contributed by atoms with van der Waals surface area (Å²) in [6.07, 6.45) is 0. The molecule has 1 N–H and O–H groups in total. The third-order valence-corrected chi connectivity index (χ3v) is 1.27. The van der Waals surface area contributed by atoms with Gasteiger partial charge in [-0.05, 0) is 0 Å². The van der Waals surface area contributed by atoms with Crippen molar-refractivity contribution < 1.29 is 54.6 Å². The molecule has 0 aromatic carbocycles. The molecule has 0 amide bonds. The SMILES string of the molecule is O=[S-](=O)OS(=O)(=O)O.[Na+]. The molecule has 0 saturated carbocycles. The molecular formula is HNaO6S2. The Labute approximate surface area is 75.6 Å². The van der Waals surface area contributed by atoms with Crippen molar-refractivity contribution in [1.82, 2.24) is 0 Å². The minimum Gasteiger partial charge on any atom is -0.396 e. The Morgan fingerprint density at radius 3 is 1.67 bits per heavy atom. The molecule has 0 atom stereocenters. The second kappa shape index (κ2) is 4.61. The van der Waals surface area contributed by atoms with E-state index >= 15 is 0 Å². The molecule has 0 aliphatic carbocycles. The number of hydrogen-bond acceptors (Lipinski definition) is 6. The van der Waals surface area contributed by atoms with E-state index in [4.69, 9.17) is 4.55 Å². The molecule has 6 nitrogen and oxygen atoms in total. The molecule has 0 spiro atoms. The first-order valence-electron chi connectivity index (χ1n) is 1.18. The Bertz CT molecular complexity index is 211. The minimum atomic E-state index is -4.84. The van der Waals surface area contributed by atoms with Gasteiger partial charge >= 0.3 is 40.0 Å². The van der Waals surface area contributed by atoms with Gasteiger partial charge < -0.3 is 8.42 Å². The summed E-state index contributed by atoms with van der Waals surface area (Å²) in [5.41, 5.74) is 0. The van der Waals surface area contributed by atoms with Crippen molar-refractivity contribution in [2.75, 3.05) is 0 Å². The van der Waals surface area contributed by atoms with E-state index in [1.165, 1.54) is 0 Å². The summed E-state index contributed by atoms with van der Waals surface area (Å²) >= 11 is 0. The molecule has 0 heterocycles. The molecule has 0 aromatic rings. The molecule has 9 heteroatoms. The van der Waals surface area contributed by atoms with Crippen LogP contribution in [-0.4, -0.2) is 13.0 Å². The number of hydrogen-bond donors (Lipinski definition) is 1. The van der Waals surface area contributed by atoms with Crippen LogP contribution in [0.4, 0.5) is 0 Å².